The van der Waals surface area contributed by atoms with Crippen LogP contribution in [-0.2, 0) is 10.3 Å². The van der Waals surface area contributed by atoms with Crippen LogP contribution in [0.3, 0.4) is 0 Å². The highest BCUT2D eigenvalue weighted by atomic mass is 19.4. The summed E-state index contributed by atoms with van der Waals surface area (Å²) in [6.45, 7) is -1.68. The van der Waals surface area contributed by atoms with Crippen molar-refractivity contribution in [3.63, 3.8) is 0 Å². The average Bonchev–Trinajstić information content (AvgIpc) is 2.41. The highest BCUT2D eigenvalue weighted by Gasteiger charge is 2.52. The molecule has 124 valence electrons. The molecule has 1 atom stereocenters. The van der Waals surface area contributed by atoms with Gasteiger partial charge in [-0.15, -0.1) is 0 Å². The van der Waals surface area contributed by atoms with Gasteiger partial charge in [0.2, 0.25) is 5.91 Å². The van der Waals surface area contributed by atoms with Gasteiger partial charge in [0, 0.05) is 0 Å². The topological polar surface area (TPSA) is 41.1 Å². The van der Waals surface area contributed by atoms with Crippen molar-refractivity contribution in [3.05, 3.63) is 35.9 Å². The molecule has 9 heteroatoms. The Labute approximate surface area is 122 Å². The number of hydrogen-bond acceptors (Lipinski definition) is 2. The summed E-state index contributed by atoms with van der Waals surface area (Å²) in [5.41, 5.74) is -2.70. The Morgan fingerprint density at radius 2 is 1.59 bits per heavy atom. The Bertz CT molecular complexity index is 499. The number of alkyl halides is 6. The molecule has 0 aliphatic heterocycles. The number of benzene rings is 1. The van der Waals surface area contributed by atoms with Crippen LogP contribution in [0.5, 0.6) is 0 Å². The Balaban J connectivity index is 2.78. The van der Waals surface area contributed by atoms with Crippen molar-refractivity contribution in [1.82, 2.24) is 10.6 Å². The summed E-state index contributed by atoms with van der Waals surface area (Å²) in [4.78, 5) is 11.3. The molecule has 2 N–H and O–H groups in total. The van der Waals surface area contributed by atoms with E-state index in [2.05, 4.69) is 0 Å². The highest BCUT2D eigenvalue weighted by Crippen LogP contribution is 2.38. The first-order valence-electron chi connectivity index (χ1n) is 6.16. The number of carbonyl (C=O) groups is 1. The molecule has 0 radical (unpaired) electrons. The van der Waals surface area contributed by atoms with Crippen LogP contribution in [0.15, 0.2) is 30.3 Å². The van der Waals surface area contributed by atoms with Gasteiger partial charge in [-0.3, -0.25) is 10.1 Å². The van der Waals surface area contributed by atoms with Gasteiger partial charge in [0.25, 0.3) is 0 Å². The summed E-state index contributed by atoms with van der Waals surface area (Å²) >= 11 is 0. The normalized spacial score (nSPS) is 15.2. The SMILES string of the molecule is CC(NCC(=O)NCC(F)(F)F)(c1ccccc1)C(F)(F)F. The Kier molecular flexibility index (Phi) is 5.44. The smallest absolute Gasteiger partial charge is 0.346 e. The van der Waals surface area contributed by atoms with Gasteiger partial charge in [-0.05, 0) is 12.5 Å². The number of carbonyl (C=O) groups excluding carboxylic acids is 1. The van der Waals surface area contributed by atoms with Crippen LogP contribution in [-0.4, -0.2) is 31.3 Å². The first kappa shape index (κ1) is 18.3. The second-order valence-corrected chi connectivity index (χ2v) is 4.73. The molecular weight excluding hydrogens is 314 g/mol. The van der Waals surface area contributed by atoms with Gasteiger partial charge in [0.05, 0.1) is 6.54 Å². The van der Waals surface area contributed by atoms with Crippen LogP contribution in [0, 0.1) is 0 Å². The highest BCUT2D eigenvalue weighted by molar-refractivity contribution is 5.78. The second kappa shape index (κ2) is 6.55. The third kappa shape index (κ3) is 4.90. The van der Waals surface area contributed by atoms with Gasteiger partial charge < -0.3 is 5.32 Å². The molecule has 1 rings (SSSR count). The van der Waals surface area contributed by atoms with Crippen LogP contribution >= 0.6 is 0 Å². The van der Waals surface area contributed by atoms with E-state index < -0.39 is 36.9 Å². The summed E-state index contributed by atoms with van der Waals surface area (Å²) in [6, 6.07) is 6.74. The van der Waals surface area contributed by atoms with Crippen LogP contribution < -0.4 is 10.6 Å². The first-order chi connectivity index (χ1) is 9.96. The second-order valence-electron chi connectivity index (χ2n) is 4.73. The predicted molar refractivity (Wildman–Crippen MR) is 66.9 cm³/mol. The lowest BCUT2D eigenvalue weighted by molar-refractivity contribution is -0.195. The summed E-state index contributed by atoms with van der Waals surface area (Å²) in [7, 11) is 0. The zero-order valence-corrected chi connectivity index (χ0v) is 11.5. The lowest BCUT2D eigenvalue weighted by Crippen LogP contribution is -2.54. The zero-order valence-electron chi connectivity index (χ0n) is 11.5. The number of halogens is 6. The van der Waals surface area contributed by atoms with Crippen molar-refractivity contribution in [2.45, 2.75) is 24.8 Å². The molecule has 1 aromatic rings. The Morgan fingerprint density at radius 3 is 2.05 bits per heavy atom. The van der Waals surface area contributed by atoms with E-state index in [1.807, 2.05) is 5.32 Å². The van der Waals surface area contributed by atoms with Crippen molar-refractivity contribution in [2.24, 2.45) is 0 Å². The Hall–Kier alpha value is -1.77. The molecule has 0 aliphatic carbocycles. The van der Waals surface area contributed by atoms with Gasteiger partial charge in [-0.2, -0.15) is 26.3 Å². The molecule has 1 amide bonds. The molecule has 0 aromatic heterocycles. The fourth-order valence-corrected chi connectivity index (χ4v) is 1.66. The number of hydrogen-bond donors (Lipinski definition) is 2. The van der Waals surface area contributed by atoms with Crippen molar-refractivity contribution in [2.75, 3.05) is 13.1 Å². The maximum Gasteiger partial charge on any atom is 0.410 e. The molecule has 0 bridgehead atoms. The van der Waals surface area contributed by atoms with E-state index in [0.29, 0.717) is 0 Å². The van der Waals surface area contributed by atoms with E-state index in [1.54, 1.807) is 0 Å². The molecule has 0 heterocycles. The number of rotatable bonds is 5. The van der Waals surface area contributed by atoms with Gasteiger partial charge in [0.1, 0.15) is 12.1 Å². The van der Waals surface area contributed by atoms with Gasteiger partial charge in [-0.1, -0.05) is 30.3 Å². The zero-order chi connectivity index (χ0) is 17.0. The maximum absolute atomic E-state index is 13.2. The summed E-state index contributed by atoms with van der Waals surface area (Å²) < 4.78 is 75.5. The predicted octanol–water partition coefficient (Wildman–Crippen LogP) is 2.73. The van der Waals surface area contributed by atoms with Crippen molar-refractivity contribution < 1.29 is 31.1 Å². The molecular formula is C13H14F6N2O. The quantitative estimate of drug-likeness (QED) is 0.816. The first-order valence-corrected chi connectivity index (χ1v) is 6.16. The monoisotopic (exact) mass is 328 g/mol. The summed E-state index contributed by atoms with van der Waals surface area (Å²) in [5, 5.41) is 3.49. The lowest BCUT2D eigenvalue weighted by Gasteiger charge is -2.33. The molecule has 0 saturated heterocycles. The minimum absolute atomic E-state index is 0.147. The lowest BCUT2D eigenvalue weighted by atomic mass is 9.91. The summed E-state index contributed by atoms with van der Waals surface area (Å²) in [6.07, 6.45) is -9.36. The fourth-order valence-electron chi connectivity index (χ4n) is 1.66. The van der Waals surface area contributed by atoms with Gasteiger partial charge >= 0.3 is 12.4 Å². The van der Waals surface area contributed by atoms with Gasteiger partial charge in [0.15, 0.2) is 0 Å². The van der Waals surface area contributed by atoms with Crippen LogP contribution in [0.1, 0.15) is 12.5 Å². The number of amides is 1. The molecule has 0 fully saturated rings. The molecule has 0 saturated carbocycles. The fraction of sp³-hybridized carbons (Fsp3) is 0.462. The van der Waals surface area contributed by atoms with Crippen LogP contribution in [0.2, 0.25) is 0 Å². The van der Waals surface area contributed by atoms with Crippen LogP contribution in [0.25, 0.3) is 0 Å². The van der Waals surface area contributed by atoms with Gasteiger partial charge in [-0.25, -0.2) is 0 Å². The standard InChI is InChI=1S/C13H14F6N2O/c1-11(13(17,18)19,9-5-3-2-4-6-9)21-7-10(22)20-8-12(14,15)16/h2-6,21H,7-8H2,1H3,(H,20,22). The van der Waals surface area contributed by atoms with Crippen molar-refractivity contribution >= 4 is 5.91 Å². The largest absolute Gasteiger partial charge is 0.410 e. The number of nitrogens with one attached hydrogen (secondary N) is 2. The average molecular weight is 328 g/mol. The third-order valence-electron chi connectivity index (χ3n) is 3.01. The molecule has 1 aromatic carbocycles. The molecule has 0 spiro atoms. The minimum atomic E-state index is -4.74. The van der Waals surface area contributed by atoms with Crippen molar-refractivity contribution in [3.8, 4) is 0 Å². The van der Waals surface area contributed by atoms with E-state index in [1.165, 1.54) is 35.6 Å². The minimum Gasteiger partial charge on any atom is -0.346 e. The van der Waals surface area contributed by atoms with E-state index >= 15 is 0 Å². The van der Waals surface area contributed by atoms with E-state index in [-0.39, 0.29) is 5.56 Å². The van der Waals surface area contributed by atoms with Crippen molar-refractivity contribution in [1.29, 1.82) is 0 Å². The molecule has 1 unspecified atom stereocenters. The third-order valence-corrected chi connectivity index (χ3v) is 3.01. The molecule has 3 nitrogen and oxygen atoms in total. The van der Waals surface area contributed by atoms with Crippen LogP contribution in [0.4, 0.5) is 26.3 Å². The summed E-state index contributed by atoms with van der Waals surface area (Å²) in [5.74, 6) is -1.18. The molecule has 0 aliphatic rings. The van der Waals surface area contributed by atoms with E-state index in [0.717, 1.165) is 6.92 Å². The maximum atomic E-state index is 13.2. The van der Waals surface area contributed by atoms with E-state index in [9.17, 15) is 31.1 Å². The van der Waals surface area contributed by atoms with E-state index in [4.69, 9.17) is 0 Å². The molecule has 22 heavy (non-hydrogen) atoms. The Morgan fingerprint density at radius 1 is 1.05 bits per heavy atom.